The molecule has 2 rings (SSSR count). The number of carbonyl (C=O) groups is 1. The fraction of sp³-hybridized carbons (Fsp3) is 0.700. The molecule has 2 bridgehead atoms. The molecule has 1 fully saturated rings. The molecule has 12 heavy (non-hydrogen) atoms. The van der Waals surface area contributed by atoms with Gasteiger partial charge in [-0.3, -0.25) is 4.79 Å². The summed E-state index contributed by atoms with van der Waals surface area (Å²) in [4.78, 5) is 10.3. The summed E-state index contributed by atoms with van der Waals surface area (Å²) in [6.07, 6.45) is 5.68. The van der Waals surface area contributed by atoms with Gasteiger partial charge in [0.15, 0.2) is 0 Å². The minimum Gasteiger partial charge on any atom is -0.356 e. The van der Waals surface area contributed by atoms with Crippen LogP contribution < -0.4 is 5.32 Å². The van der Waals surface area contributed by atoms with E-state index in [0.29, 0.717) is 6.04 Å². The quantitative estimate of drug-likeness (QED) is 0.489. The first kappa shape index (κ1) is 7.84. The Balaban J connectivity index is 2.05. The minimum atomic E-state index is 0.425. The number of allylic oxidation sites excluding steroid dienone is 1. The summed E-state index contributed by atoms with van der Waals surface area (Å²) in [5, 5.41) is 2.89. The highest BCUT2D eigenvalue weighted by atomic mass is 16.1. The SMILES string of the molecule is CC1=C2CC(C1)C[C@H](NC=O)C2. The number of amides is 1. The highest BCUT2D eigenvalue weighted by Gasteiger charge is 2.30. The monoisotopic (exact) mass is 165 g/mol. The third-order valence-electron chi connectivity index (χ3n) is 3.15. The van der Waals surface area contributed by atoms with Gasteiger partial charge >= 0.3 is 0 Å². The molecule has 66 valence electrons. The fourth-order valence-electron chi connectivity index (χ4n) is 2.60. The van der Waals surface area contributed by atoms with Gasteiger partial charge in [0.05, 0.1) is 0 Å². The third-order valence-corrected chi connectivity index (χ3v) is 3.15. The lowest BCUT2D eigenvalue weighted by atomic mass is 9.87. The van der Waals surface area contributed by atoms with Crippen molar-refractivity contribution in [3.8, 4) is 0 Å². The van der Waals surface area contributed by atoms with E-state index in [2.05, 4.69) is 12.2 Å². The zero-order valence-electron chi connectivity index (χ0n) is 7.47. The molecule has 1 amide bonds. The van der Waals surface area contributed by atoms with Gasteiger partial charge in [0.25, 0.3) is 0 Å². The van der Waals surface area contributed by atoms with Crippen LogP contribution in [0, 0.1) is 5.92 Å². The van der Waals surface area contributed by atoms with Gasteiger partial charge in [0.1, 0.15) is 0 Å². The second-order valence-electron chi connectivity index (χ2n) is 4.08. The number of hydrogen-bond donors (Lipinski definition) is 1. The summed E-state index contributed by atoms with van der Waals surface area (Å²) in [7, 11) is 0. The number of rotatable bonds is 2. The summed E-state index contributed by atoms with van der Waals surface area (Å²) in [5.41, 5.74) is 3.18. The van der Waals surface area contributed by atoms with Crippen LogP contribution in [0.3, 0.4) is 0 Å². The van der Waals surface area contributed by atoms with E-state index in [1.165, 1.54) is 19.3 Å². The van der Waals surface area contributed by atoms with Crippen LogP contribution in [0.2, 0.25) is 0 Å². The van der Waals surface area contributed by atoms with E-state index >= 15 is 0 Å². The highest BCUT2D eigenvalue weighted by molar-refractivity contribution is 5.47. The maximum absolute atomic E-state index is 10.3. The Morgan fingerprint density at radius 2 is 2.25 bits per heavy atom. The first-order chi connectivity index (χ1) is 5.79. The lowest BCUT2D eigenvalue weighted by molar-refractivity contribution is -0.110. The molecule has 1 saturated carbocycles. The molecular weight excluding hydrogens is 150 g/mol. The van der Waals surface area contributed by atoms with E-state index in [9.17, 15) is 4.79 Å². The number of fused-ring (bicyclic) bond motifs is 2. The largest absolute Gasteiger partial charge is 0.356 e. The summed E-state index contributed by atoms with van der Waals surface area (Å²) >= 11 is 0. The predicted octanol–water partition coefficient (Wildman–Crippen LogP) is 1.62. The van der Waals surface area contributed by atoms with Crippen LogP contribution in [0.15, 0.2) is 11.1 Å². The lowest BCUT2D eigenvalue weighted by Crippen LogP contribution is -2.32. The van der Waals surface area contributed by atoms with E-state index < -0.39 is 0 Å². The predicted molar refractivity (Wildman–Crippen MR) is 47.6 cm³/mol. The zero-order valence-corrected chi connectivity index (χ0v) is 7.47. The third kappa shape index (κ3) is 1.26. The van der Waals surface area contributed by atoms with Crippen LogP contribution in [-0.4, -0.2) is 12.5 Å². The van der Waals surface area contributed by atoms with Gasteiger partial charge in [-0.25, -0.2) is 0 Å². The molecule has 0 spiro atoms. The minimum absolute atomic E-state index is 0.425. The molecule has 0 heterocycles. The first-order valence-electron chi connectivity index (χ1n) is 4.66. The maximum Gasteiger partial charge on any atom is 0.207 e. The van der Waals surface area contributed by atoms with Crippen LogP contribution in [0.4, 0.5) is 0 Å². The van der Waals surface area contributed by atoms with Crippen molar-refractivity contribution in [1.29, 1.82) is 0 Å². The van der Waals surface area contributed by atoms with Crippen molar-refractivity contribution >= 4 is 6.41 Å². The van der Waals surface area contributed by atoms with Gasteiger partial charge in [-0.2, -0.15) is 0 Å². The molecule has 2 heteroatoms. The number of nitrogens with one attached hydrogen (secondary N) is 1. The van der Waals surface area contributed by atoms with Crippen molar-refractivity contribution in [2.24, 2.45) is 5.92 Å². The van der Waals surface area contributed by atoms with Crippen molar-refractivity contribution in [3.63, 3.8) is 0 Å². The van der Waals surface area contributed by atoms with Crippen LogP contribution >= 0.6 is 0 Å². The Labute approximate surface area is 73.0 Å². The smallest absolute Gasteiger partial charge is 0.207 e. The molecule has 2 aliphatic rings. The second kappa shape index (κ2) is 2.92. The van der Waals surface area contributed by atoms with Crippen molar-refractivity contribution in [2.45, 2.75) is 38.6 Å². The molecule has 2 aliphatic carbocycles. The molecule has 2 atom stereocenters. The van der Waals surface area contributed by atoms with E-state index in [1.807, 2.05) is 0 Å². The van der Waals surface area contributed by atoms with Crippen LogP contribution in [0.25, 0.3) is 0 Å². The van der Waals surface area contributed by atoms with Crippen molar-refractivity contribution < 1.29 is 4.79 Å². The van der Waals surface area contributed by atoms with E-state index in [1.54, 1.807) is 11.1 Å². The normalized spacial score (nSPS) is 33.8. The second-order valence-corrected chi connectivity index (χ2v) is 4.08. The summed E-state index contributed by atoms with van der Waals surface area (Å²) in [6, 6.07) is 0.425. The Kier molecular flexibility index (Phi) is 1.91. The van der Waals surface area contributed by atoms with E-state index in [0.717, 1.165) is 18.7 Å². The van der Waals surface area contributed by atoms with Gasteiger partial charge < -0.3 is 5.32 Å². The van der Waals surface area contributed by atoms with Gasteiger partial charge in [-0.1, -0.05) is 11.1 Å². The summed E-state index contributed by atoms with van der Waals surface area (Å²) < 4.78 is 0. The molecule has 0 radical (unpaired) electrons. The summed E-state index contributed by atoms with van der Waals surface area (Å²) in [6.45, 7) is 2.23. The average molecular weight is 165 g/mol. The molecule has 0 aromatic rings. The highest BCUT2D eigenvalue weighted by Crippen LogP contribution is 2.41. The molecule has 1 N–H and O–H groups in total. The van der Waals surface area contributed by atoms with Gasteiger partial charge in [0.2, 0.25) is 6.41 Å². The molecule has 0 aromatic carbocycles. The first-order valence-corrected chi connectivity index (χ1v) is 4.66. The van der Waals surface area contributed by atoms with Crippen molar-refractivity contribution in [3.05, 3.63) is 11.1 Å². The molecule has 1 unspecified atom stereocenters. The fourth-order valence-corrected chi connectivity index (χ4v) is 2.60. The van der Waals surface area contributed by atoms with Gasteiger partial charge in [0, 0.05) is 6.04 Å². The Morgan fingerprint density at radius 3 is 2.92 bits per heavy atom. The van der Waals surface area contributed by atoms with Crippen LogP contribution in [-0.2, 0) is 4.79 Å². The zero-order chi connectivity index (χ0) is 8.55. The Bertz CT molecular complexity index is 230. The van der Waals surface area contributed by atoms with Crippen molar-refractivity contribution in [1.82, 2.24) is 5.32 Å². The maximum atomic E-state index is 10.3. The Morgan fingerprint density at radius 1 is 1.42 bits per heavy atom. The molecular formula is C10H15NO. The number of hydrogen-bond acceptors (Lipinski definition) is 1. The van der Waals surface area contributed by atoms with Gasteiger partial charge in [-0.15, -0.1) is 0 Å². The van der Waals surface area contributed by atoms with Gasteiger partial charge in [-0.05, 0) is 38.5 Å². The average Bonchev–Trinajstić information content (AvgIpc) is 2.27. The molecule has 2 nitrogen and oxygen atoms in total. The van der Waals surface area contributed by atoms with Crippen molar-refractivity contribution in [2.75, 3.05) is 0 Å². The van der Waals surface area contributed by atoms with Crippen LogP contribution in [0.1, 0.15) is 32.6 Å². The molecule has 0 aromatic heterocycles. The molecule has 0 aliphatic heterocycles. The Hall–Kier alpha value is -0.790. The molecule has 0 saturated heterocycles. The van der Waals surface area contributed by atoms with E-state index in [-0.39, 0.29) is 0 Å². The van der Waals surface area contributed by atoms with Crippen LogP contribution in [0.5, 0.6) is 0 Å². The standard InChI is InChI=1S/C10H15NO/c1-7-2-8-3-9(7)5-10(4-8)11-6-12/h6,8,10H,2-5H2,1H3,(H,11,12)/t8?,10-/m0/s1. The van der Waals surface area contributed by atoms with E-state index in [4.69, 9.17) is 0 Å². The number of carbonyl (C=O) groups excluding carboxylic acids is 1. The summed E-state index contributed by atoms with van der Waals surface area (Å²) in [5.74, 6) is 0.825. The lowest BCUT2D eigenvalue weighted by Gasteiger charge is -2.25. The topological polar surface area (TPSA) is 29.1 Å².